The molecule has 0 aliphatic carbocycles. The zero-order valence-electron chi connectivity index (χ0n) is 27.7. The number of carboxylic acid groups (broad SMARTS) is 1. The molecule has 0 amide bonds. The van der Waals surface area contributed by atoms with E-state index in [1.165, 1.54) is 51.4 Å². The van der Waals surface area contributed by atoms with E-state index in [0.717, 1.165) is 51.4 Å². The predicted octanol–water partition coefficient (Wildman–Crippen LogP) is 7.63. The highest BCUT2D eigenvalue weighted by atomic mass is 16.6. The van der Waals surface area contributed by atoms with Crippen LogP contribution in [0, 0.1) is 0 Å². The van der Waals surface area contributed by atoms with Gasteiger partial charge in [-0.05, 0) is 32.1 Å². The Hall–Kier alpha value is -1.93. The predicted molar refractivity (Wildman–Crippen MR) is 169 cm³/mol. The van der Waals surface area contributed by atoms with Crippen molar-refractivity contribution < 1.29 is 38.2 Å². The minimum atomic E-state index is -0.878. The van der Waals surface area contributed by atoms with E-state index in [0.29, 0.717) is 19.3 Å². The lowest BCUT2D eigenvalue weighted by atomic mass is 10.1. The first-order valence-electron chi connectivity index (χ1n) is 16.7. The van der Waals surface area contributed by atoms with Gasteiger partial charge in [0, 0.05) is 19.3 Å². The van der Waals surface area contributed by atoms with Crippen LogP contribution < -0.4 is 0 Å². The summed E-state index contributed by atoms with van der Waals surface area (Å²) in [6.45, 7) is 4.62. The van der Waals surface area contributed by atoms with E-state index in [1.54, 1.807) is 0 Å². The molecule has 0 aromatic rings. The van der Waals surface area contributed by atoms with Gasteiger partial charge in [0.2, 0.25) is 0 Å². The second-order valence-electron chi connectivity index (χ2n) is 12.4. The maximum absolute atomic E-state index is 12.5. The number of ether oxygens (including phenoxy) is 3. The molecule has 0 saturated heterocycles. The maximum atomic E-state index is 12.5. The molecule has 0 heterocycles. The Bertz CT molecular complexity index is 717. The minimum Gasteiger partial charge on any atom is -0.477 e. The molecule has 0 fully saturated rings. The Morgan fingerprint density at radius 1 is 0.690 bits per heavy atom. The third-order valence-corrected chi connectivity index (χ3v) is 7.41. The number of carbonyl (C=O) groups excluding carboxylic acids is 2. The number of carboxylic acids is 1. The molecule has 0 saturated carbocycles. The second-order valence-corrected chi connectivity index (χ2v) is 12.4. The van der Waals surface area contributed by atoms with E-state index < -0.39 is 18.1 Å². The molecule has 8 nitrogen and oxygen atoms in total. The van der Waals surface area contributed by atoms with Gasteiger partial charge >= 0.3 is 17.9 Å². The normalized spacial score (nSPS) is 13.3. The van der Waals surface area contributed by atoms with Crippen LogP contribution in [-0.2, 0) is 28.6 Å². The summed E-state index contributed by atoms with van der Waals surface area (Å²) < 4.78 is 17.1. The highest BCUT2D eigenvalue weighted by molar-refractivity contribution is 5.72. The topological polar surface area (TPSA) is 99.1 Å². The van der Waals surface area contributed by atoms with E-state index >= 15 is 0 Å². The van der Waals surface area contributed by atoms with Crippen LogP contribution in [0.3, 0.4) is 0 Å². The van der Waals surface area contributed by atoms with Crippen molar-refractivity contribution in [2.75, 3.05) is 41.0 Å². The standard InChI is InChI=1S/C34H63NO7/c1-6-8-10-12-14-15-16-17-19-20-22-24-32(36)41-29-30(28-40-27-26-31(34(38)39)35(3,4)5)42-33(37)25-23-21-18-13-11-9-7-2/h12,14,30-31H,6-11,13,15-29H2,1-5H3/p+1/b14-12+. The van der Waals surface area contributed by atoms with Crippen molar-refractivity contribution in [2.24, 2.45) is 0 Å². The van der Waals surface area contributed by atoms with Gasteiger partial charge in [0.05, 0.1) is 34.4 Å². The van der Waals surface area contributed by atoms with E-state index in [4.69, 9.17) is 14.2 Å². The van der Waals surface area contributed by atoms with Gasteiger partial charge in [-0.1, -0.05) is 96.6 Å². The smallest absolute Gasteiger partial charge is 0.362 e. The number of allylic oxidation sites excluding steroid dienone is 2. The van der Waals surface area contributed by atoms with Crippen molar-refractivity contribution in [2.45, 2.75) is 148 Å². The van der Waals surface area contributed by atoms with Gasteiger partial charge in [-0.25, -0.2) is 4.79 Å². The first kappa shape index (κ1) is 40.1. The summed E-state index contributed by atoms with van der Waals surface area (Å²) in [5.41, 5.74) is 0. The monoisotopic (exact) mass is 598 g/mol. The molecule has 8 heteroatoms. The van der Waals surface area contributed by atoms with Gasteiger partial charge < -0.3 is 23.8 Å². The van der Waals surface area contributed by atoms with Gasteiger partial charge in [0.1, 0.15) is 6.61 Å². The highest BCUT2D eigenvalue weighted by Gasteiger charge is 2.31. The molecular weight excluding hydrogens is 534 g/mol. The van der Waals surface area contributed by atoms with Crippen LogP contribution in [0.5, 0.6) is 0 Å². The number of quaternary nitrogens is 1. The molecule has 0 aromatic carbocycles. The Balaban J connectivity index is 4.46. The molecule has 0 bridgehead atoms. The number of nitrogens with zero attached hydrogens (tertiary/aromatic N) is 1. The van der Waals surface area contributed by atoms with Crippen molar-refractivity contribution in [3.63, 3.8) is 0 Å². The van der Waals surface area contributed by atoms with Crippen LogP contribution in [0.4, 0.5) is 0 Å². The molecule has 0 aromatic heterocycles. The Morgan fingerprint density at radius 3 is 1.79 bits per heavy atom. The summed E-state index contributed by atoms with van der Waals surface area (Å²) in [7, 11) is 5.50. The average molecular weight is 599 g/mol. The number of likely N-dealkylation sites (N-methyl/N-ethyl adjacent to an activating group) is 1. The number of hydrogen-bond acceptors (Lipinski definition) is 6. The number of esters is 2. The summed E-state index contributed by atoms with van der Waals surface area (Å²) in [5.74, 6) is -1.49. The maximum Gasteiger partial charge on any atom is 0.362 e. The number of rotatable bonds is 29. The number of hydrogen-bond donors (Lipinski definition) is 1. The first-order chi connectivity index (χ1) is 20.1. The Kier molecular flexibility index (Phi) is 25.5. The fraction of sp³-hybridized carbons (Fsp3) is 0.853. The summed E-state index contributed by atoms with van der Waals surface area (Å²) in [4.78, 5) is 36.4. The number of unbranched alkanes of at least 4 members (excludes halogenated alkanes) is 13. The van der Waals surface area contributed by atoms with E-state index in [-0.39, 0.29) is 36.2 Å². The molecule has 1 N–H and O–H groups in total. The first-order valence-corrected chi connectivity index (χ1v) is 16.7. The second kappa shape index (κ2) is 26.7. The zero-order chi connectivity index (χ0) is 31.5. The fourth-order valence-electron chi connectivity index (χ4n) is 4.72. The molecular formula is C34H64NO7+. The van der Waals surface area contributed by atoms with Crippen molar-refractivity contribution in [3.05, 3.63) is 12.2 Å². The molecule has 2 unspecified atom stereocenters. The fourth-order valence-corrected chi connectivity index (χ4v) is 4.72. The summed E-state index contributed by atoms with van der Waals surface area (Å²) in [6.07, 6.45) is 22.6. The lowest BCUT2D eigenvalue weighted by Crippen LogP contribution is -2.50. The van der Waals surface area contributed by atoms with Gasteiger partial charge in [-0.2, -0.15) is 0 Å². The molecule has 0 aliphatic rings. The summed E-state index contributed by atoms with van der Waals surface area (Å²) in [6, 6.07) is -0.608. The van der Waals surface area contributed by atoms with E-state index in [1.807, 2.05) is 21.1 Å². The molecule has 2 atom stereocenters. The van der Waals surface area contributed by atoms with Gasteiger partial charge in [0.25, 0.3) is 0 Å². The van der Waals surface area contributed by atoms with Crippen molar-refractivity contribution in [1.29, 1.82) is 0 Å². The SMILES string of the molecule is CCCC/C=C/CCCCCCCC(=O)OCC(COCCC(C(=O)O)[N+](C)(C)C)OC(=O)CCCCCCCCC. The van der Waals surface area contributed by atoms with Crippen molar-refractivity contribution in [1.82, 2.24) is 0 Å². The molecule has 246 valence electrons. The number of carbonyl (C=O) groups is 3. The molecule has 0 spiro atoms. The quantitative estimate of drug-likeness (QED) is 0.0409. The van der Waals surface area contributed by atoms with Crippen LogP contribution in [0.25, 0.3) is 0 Å². The van der Waals surface area contributed by atoms with Crippen LogP contribution in [0.1, 0.15) is 136 Å². The third-order valence-electron chi connectivity index (χ3n) is 7.41. The van der Waals surface area contributed by atoms with Crippen molar-refractivity contribution in [3.8, 4) is 0 Å². The van der Waals surface area contributed by atoms with Crippen molar-refractivity contribution >= 4 is 17.9 Å². The molecule has 42 heavy (non-hydrogen) atoms. The lowest BCUT2D eigenvalue weighted by molar-refractivity contribution is -0.887. The average Bonchev–Trinajstić information content (AvgIpc) is 2.92. The molecule has 0 rings (SSSR count). The van der Waals surface area contributed by atoms with Crippen LogP contribution in [0.15, 0.2) is 12.2 Å². The molecule has 0 radical (unpaired) electrons. The van der Waals surface area contributed by atoms with Crippen LogP contribution in [0.2, 0.25) is 0 Å². The van der Waals surface area contributed by atoms with Gasteiger partial charge in [-0.3, -0.25) is 9.59 Å². The van der Waals surface area contributed by atoms with Gasteiger partial charge in [0.15, 0.2) is 12.1 Å². The number of aliphatic carboxylic acids is 1. The molecule has 0 aliphatic heterocycles. The third kappa shape index (κ3) is 24.6. The van der Waals surface area contributed by atoms with E-state index in [2.05, 4.69) is 26.0 Å². The largest absolute Gasteiger partial charge is 0.477 e. The summed E-state index contributed by atoms with van der Waals surface area (Å²) >= 11 is 0. The minimum absolute atomic E-state index is 0.0519. The van der Waals surface area contributed by atoms with Crippen LogP contribution >= 0.6 is 0 Å². The lowest BCUT2D eigenvalue weighted by Gasteiger charge is -2.31. The van der Waals surface area contributed by atoms with E-state index in [9.17, 15) is 19.5 Å². The Labute approximate surface area is 257 Å². The Morgan fingerprint density at radius 2 is 1.21 bits per heavy atom. The zero-order valence-corrected chi connectivity index (χ0v) is 27.7. The summed E-state index contributed by atoms with van der Waals surface area (Å²) in [5, 5.41) is 9.52. The highest BCUT2D eigenvalue weighted by Crippen LogP contribution is 2.12. The van der Waals surface area contributed by atoms with Crippen LogP contribution in [-0.4, -0.2) is 80.6 Å². The van der Waals surface area contributed by atoms with Gasteiger partial charge in [-0.15, -0.1) is 0 Å².